The number of aryl methyl sites for hydroxylation is 1. The molecule has 0 radical (unpaired) electrons. The van der Waals surface area contributed by atoms with Crippen LogP contribution in [-0.4, -0.2) is 71.0 Å². The van der Waals surface area contributed by atoms with E-state index in [2.05, 4.69) is 30.0 Å². The summed E-state index contributed by atoms with van der Waals surface area (Å²) < 4.78 is 3.62. The van der Waals surface area contributed by atoms with Crippen molar-refractivity contribution in [2.24, 2.45) is 5.92 Å². The Morgan fingerprint density at radius 2 is 2.05 bits per heavy atom. The zero-order valence-corrected chi connectivity index (χ0v) is 21.8. The maximum absolute atomic E-state index is 13.7. The molecule has 38 heavy (non-hydrogen) atoms. The van der Waals surface area contributed by atoms with Gasteiger partial charge in [-0.3, -0.25) is 4.79 Å². The summed E-state index contributed by atoms with van der Waals surface area (Å²) in [5, 5.41) is 29.6. The molecular weight excluding hydrogens is 482 g/mol. The molecule has 3 unspecified atom stereocenters. The molecule has 1 N–H and O–H groups in total. The number of hydrogen-bond acceptors (Lipinski definition) is 8. The molecule has 6 rings (SSSR count). The highest BCUT2D eigenvalue weighted by Gasteiger charge is 2.34. The predicted octanol–water partition coefficient (Wildman–Crippen LogP) is 3.05. The summed E-state index contributed by atoms with van der Waals surface area (Å²) in [5.74, 6) is 0.263. The lowest BCUT2D eigenvalue weighted by molar-refractivity contribution is 0.0605. The minimum absolute atomic E-state index is 0.0584. The molecule has 11 nitrogen and oxygen atoms in total. The van der Waals surface area contributed by atoms with Gasteiger partial charge in [0.1, 0.15) is 5.82 Å². The van der Waals surface area contributed by atoms with E-state index < -0.39 is 12.0 Å². The average molecular weight is 514 g/mol. The van der Waals surface area contributed by atoms with Crippen molar-refractivity contribution in [2.75, 3.05) is 24.5 Å². The van der Waals surface area contributed by atoms with Crippen LogP contribution in [0.1, 0.15) is 66.8 Å². The van der Waals surface area contributed by atoms with E-state index in [1.807, 2.05) is 39.7 Å². The highest BCUT2D eigenvalue weighted by Crippen LogP contribution is 2.33. The molecule has 6 heterocycles. The Labute approximate surface area is 220 Å². The summed E-state index contributed by atoms with van der Waals surface area (Å²) >= 11 is 0. The number of carbonyl (C=O) groups is 1. The normalized spacial score (nSPS) is 22.1. The Morgan fingerprint density at radius 1 is 1.21 bits per heavy atom. The van der Waals surface area contributed by atoms with Crippen LogP contribution in [-0.2, 0) is 0 Å². The molecule has 3 atom stereocenters. The van der Waals surface area contributed by atoms with Crippen LogP contribution < -0.4 is 4.90 Å². The average Bonchev–Trinajstić information content (AvgIpc) is 3.63. The van der Waals surface area contributed by atoms with E-state index in [1.54, 1.807) is 16.9 Å². The number of aromatic nitrogens is 6. The van der Waals surface area contributed by atoms with E-state index in [1.165, 1.54) is 0 Å². The van der Waals surface area contributed by atoms with Crippen molar-refractivity contribution in [3.63, 3.8) is 0 Å². The van der Waals surface area contributed by atoms with Crippen molar-refractivity contribution < 1.29 is 9.90 Å². The quantitative estimate of drug-likeness (QED) is 0.441. The van der Waals surface area contributed by atoms with Crippen LogP contribution in [0.4, 0.5) is 5.82 Å². The smallest absolute Gasteiger partial charge is 0.256 e. The van der Waals surface area contributed by atoms with Gasteiger partial charge in [0.2, 0.25) is 0 Å². The third-order valence-electron chi connectivity index (χ3n) is 7.65. The van der Waals surface area contributed by atoms with Gasteiger partial charge in [0, 0.05) is 55.1 Å². The molecule has 0 aliphatic carbocycles. The van der Waals surface area contributed by atoms with E-state index in [9.17, 15) is 15.2 Å². The van der Waals surface area contributed by atoms with Crippen LogP contribution in [0, 0.1) is 24.2 Å². The summed E-state index contributed by atoms with van der Waals surface area (Å²) in [6.07, 6.45) is 7.43. The molecule has 0 bridgehead atoms. The van der Waals surface area contributed by atoms with Crippen molar-refractivity contribution in [3.05, 3.63) is 47.5 Å². The number of aliphatic hydroxyl groups excluding tert-OH is 1. The van der Waals surface area contributed by atoms with Crippen LogP contribution in [0.15, 0.2) is 30.7 Å². The number of amides is 1. The minimum atomic E-state index is -0.687. The number of rotatable bonds is 4. The summed E-state index contributed by atoms with van der Waals surface area (Å²) in [4.78, 5) is 27.0. The lowest BCUT2D eigenvalue weighted by Gasteiger charge is -2.34. The van der Waals surface area contributed by atoms with Crippen molar-refractivity contribution in [1.82, 2.24) is 34.3 Å². The van der Waals surface area contributed by atoms with Crippen LogP contribution in [0.2, 0.25) is 0 Å². The number of pyridine rings is 1. The van der Waals surface area contributed by atoms with Gasteiger partial charge in [0.25, 0.3) is 5.91 Å². The number of fused-ring (bicyclic) bond motifs is 2. The fourth-order valence-electron chi connectivity index (χ4n) is 5.67. The van der Waals surface area contributed by atoms with Crippen LogP contribution >= 0.6 is 0 Å². The first-order valence-corrected chi connectivity index (χ1v) is 13.2. The van der Waals surface area contributed by atoms with Crippen LogP contribution in [0.3, 0.4) is 0 Å². The Bertz CT molecular complexity index is 1570. The molecule has 1 amide bonds. The van der Waals surface area contributed by atoms with E-state index in [0.717, 1.165) is 47.4 Å². The van der Waals surface area contributed by atoms with E-state index in [-0.39, 0.29) is 18.0 Å². The third kappa shape index (κ3) is 4.05. The molecule has 0 saturated carbocycles. The van der Waals surface area contributed by atoms with E-state index in [4.69, 9.17) is 10.1 Å². The molecule has 196 valence electrons. The molecule has 4 aromatic rings. The second kappa shape index (κ2) is 9.36. The Kier molecular flexibility index (Phi) is 5.99. The molecule has 11 heteroatoms. The summed E-state index contributed by atoms with van der Waals surface area (Å²) in [6.45, 7) is 7.54. The second-order valence-electron chi connectivity index (χ2n) is 10.7. The van der Waals surface area contributed by atoms with Crippen molar-refractivity contribution in [2.45, 2.75) is 58.2 Å². The SMILES string of the molecule is Cc1cn2nc(C3CCCCN3C(=O)c3cnc4c(cnn4C(C)C)c3)cc2nc1N1CC(O)C(C#N)C1. The number of piperidine rings is 1. The van der Waals surface area contributed by atoms with Gasteiger partial charge in [-0.15, -0.1) is 0 Å². The van der Waals surface area contributed by atoms with Crippen molar-refractivity contribution >= 4 is 28.4 Å². The fourth-order valence-corrected chi connectivity index (χ4v) is 5.67. The highest BCUT2D eigenvalue weighted by atomic mass is 16.3. The lowest BCUT2D eigenvalue weighted by Crippen LogP contribution is -2.38. The molecule has 0 aromatic carbocycles. The zero-order chi connectivity index (χ0) is 26.6. The molecule has 2 fully saturated rings. The number of aliphatic hydroxyl groups is 1. The predicted molar refractivity (Wildman–Crippen MR) is 141 cm³/mol. The fraction of sp³-hybridized carbons (Fsp3) is 0.481. The molecule has 2 saturated heterocycles. The largest absolute Gasteiger partial charge is 0.390 e. The standard InChI is InChI=1S/C27H31N9O2/c1-16(2)36-26-18(12-30-36)8-19(11-29-26)27(38)34-7-5-4-6-22(34)21-9-24-31-25(17(3)13-35(24)32-21)33-14-20(10-28)23(37)15-33/h8-9,11-13,16,20,22-23,37H,4-7,14-15H2,1-3H3. The molecule has 0 spiro atoms. The number of carbonyl (C=O) groups excluding carboxylic acids is 1. The van der Waals surface area contributed by atoms with Gasteiger partial charge in [-0.2, -0.15) is 15.5 Å². The number of anilines is 1. The number of hydrogen-bond donors (Lipinski definition) is 1. The van der Waals surface area contributed by atoms with Crippen molar-refractivity contribution in [3.8, 4) is 6.07 Å². The molecule has 4 aromatic heterocycles. The van der Waals surface area contributed by atoms with E-state index >= 15 is 0 Å². The summed E-state index contributed by atoms with van der Waals surface area (Å²) in [6, 6.07) is 6.03. The van der Waals surface area contributed by atoms with Gasteiger partial charge < -0.3 is 14.9 Å². The number of nitriles is 1. The Morgan fingerprint density at radius 3 is 2.82 bits per heavy atom. The molecule has 2 aliphatic heterocycles. The maximum Gasteiger partial charge on any atom is 0.256 e. The molecular formula is C27H31N9O2. The first-order valence-electron chi connectivity index (χ1n) is 13.2. The van der Waals surface area contributed by atoms with E-state index in [0.29, 0.717) is 30.8 Å². The Balaban J connectivity index is 1.30. The monoisotopic (exact) mass is 513 g/mol. The van der Waals surface area contributed by atoms with Crippen LogP contribution in [0.5, 0.6) is 0 Å². The lowest BCUT2D eigenvalue weighted by atomic mass is 9.98. The summed E-state index contributed by atoms with van der Waals surface area (Å²) in [5.41, 5.74) is 3.72. The summed E-state index contributed by atoms with van der Waals surface area (Å²) in [7, 11) is 0. The van der Waals surface area contributed by atoms with Gasteiger partial charge in [-0.05, 0) is 46.1 Å². The van der Waals surface area contributed by atoms with Crippen LogP contribution in [0.25, 0.3) is 16.7 Å². The number of likely N-dealkylation sites (tertiary alicyclic amines) is 1. The Hall–Kier alpha value is -4.04. The molecule has 2 aliphatic rings. The van der Waals surface area contributed by atoms with Gasteiger partial charge in [-0.25, -0.2) is 19.2 Å². The first-order chi connectivity index (χ1) is 18.3. The van der Waals surface area contributed by atoms with Gasteiger partial charge in [0.15, 0.2) is 11.3 Å². The first kappa shape index (κ1) is 24.3. The topological polar surface area (TPSA) is 128 Å². The number of nitrogens with zero attached hydrogens (tertiary/aromatic N) is 9. The highest BCUT2D eigenvalue weighted by molar-refractivity contribution is 5.97. The van der Waals surface area contributed by atoms with Gasteiger partial charge >= 0.3 is 0 Å². The number of β-amino-alcohol motifs (C(OH)–C–C–N with tert-alkyl or cyclic N) is 1. The van der Waals surface area contributed by atoms with Crippen molar-refractivity contribution in [1.29, 1.82) is 5.26 Å². The minimum Gasteiger partial charge on any atom is -0.390 e. The third-order valence-corrected chi connectivity index (χ3v) is 7.65. The van der Waals surface area contributed by atoms with Gasteiger partial charge in [0.05, 0.1) is 41.6 Å². The zero-order valence-electron chi connectivity index (χ0n) is 21.8. The van der Waals surface area contributed by atoms with Gasteiger partial charge in [-0.1, -0.05) is 0 Å². The maximum atomic E-state index is 13.7. The second-order valence-corrected chi connectivity index (χ2v) is 10.7.